The van der Waals surface area contributed by atoms with E-state index in [2.05, 4.69) is 18.8 Å². The van der Waals surface area contributed by atoms with Crippen LogP contribution in [-0.4, -0.2) is 35.6 Å². The Kier molecular flexibility index (Phi) is 5.88. The molecule has 2 aliphatic carbocycles. The van der Waals surface area contributed by atoms with E-state index in [9.17, 15) is 0 Å². The molecule has 2 rings (SSSR count). The summed E-state index contributed by atoms with van der Waals surface area (Å²) in [5.41, 5.74) is 6.56. The molecule has 0 aromatic rings. The molecule has 0 aliphatic heterocycles. The summed E-state index contributed by atoms with van der Waals surface area (Å²) in [4.78, 5) is 4.68. The molecule has 3 nitrogen and oxygen atoms in total. The highest BCUT2D eigenvalue weighted by Gasteiger charge is 2.46. The molecule has 2 N–H and O–H groups in total. The van der Waals surface area contributed by atoms with Crippen LogP contribution in [0.25, 0.3) is 0 Å². The van der Waals surface area contributed by atoms with Gasteiger partial charge in [-0.25, -0.2) is 4.99 Å². The summed E-state index contributed by atoms with van der Waals surface area (Å²) in [7, 11) is 0. The molecule has 0 spiro atoms. The minimum atomic E-state index is 0.729. The second kappa shape index (κ2) is 7.44. The van der Waals surface area contributed by atoms with Crippen molar-refractivity contribution in [1.29, 1.82) is 0 Å². The van der Waals surface area contributed by atoms with E-state index in [1.165, 1.54) is 64.2 Å². The van der Waals surface area contributed by atoms with Crippen LogP contribution in [0.4, 0.5) is 0 Å². The third-order valence-corrected chi connectivity index (χ3v) is 5.72. The van der Waals surface area contributed by atoms with E-state index in [0.29, 0.717) is 0 Å². The van der Waals surface area contributed by atoms with Gasteiger partial charge in [0.1, 0.15) is 0 Å². The number of quaternary nitrogens is 1. The molecule has 0 saturated heterocycles. The summed E-state index contributed by atoms with van der Waals surface area (Å²) in [6.07, 6.45) is 13.8. The van der Waals surface area contributed by atoms with Gasteiger partial charge < -0.3 is 5.73 Å². The SMILES string of the molecule is CCN=C(N)[N+](CC)(C1CCCCC1)C1CCCCC1. The van der Waals surface area contributed by atoms with Crippen molar-refractivity contribution in [2.75, 3.05) is 13.1 Å². The average molecular weight is 280 g/mol. The van der Waals surface area contributed by atoms with Gasteiger partial charge in [-0.05, 0) is 65.2 Å². The fraction of sp³-hybridized carbons (Fsp3) is 0.941. The first-order valence-corrected chi connectivity index (χ1v) is 8.93. The van der Waals surface area contributed by atoms with Gasteiger partial charge in [-0.3, -0.25) is 4.48 Å². The first kappa shape index (κ1) is 15.8. The highest BCUT2D eigenvalue weighted by molar-refractivity contribution is 5.71. The molecule has 20 heavy (non-hydrogen) atoms. The zero-order valence-corrected chi connectivity index (χ0v) is 13.6. The van der Waals surface area contributed by atoms with Crippen molar-refractivity contribution < 1.29 is 4.48 Å². The maximum absolute atomic E-state index is 6.56. The first-order valence-electron chi connectivity index (χ1n) is 8.93. The van der Waals surface area contributed by atoms with Gasteiger partial charge in [0.05, 0.1) is 18.6 Å². The van der Waals surface area contributed by atoms with Crippen LogP contribution in [0.15, 0.2) is 4.99 Å². The molecule has 2 fully saturated rings. The Morgan fingerprint density at radius 1 is 0.900 bits per heavy atom. The zero-order chi connectivity index (χ0) is 14.4. The molecule has 0 unspecified atom stereocenters. The number of rotatable bonds is 4. The summed E-state index contributed by atoms with van der Waals surface area (Å²) in [6.45, 7) is 6.40. The van der Waals surface area contributed by atoms with Gasteiger partial charge in [-0.15, -0.1) is 0 Å². The molecule has 0 aromatic carbocycles. The number of nitrogens with two attached hydrogens (primary N) is 1. The van der Waals surface area contributed by atoms with Gasteiger partial charge in [-0.1, -0.05) is 12.8 Å². The zero-order valence-electron chi connectivity index (χ0n) is 13.6. The van der Waals surface area contributed by atoms with Gasteiger partial charge in [0.25, 0.3) is 5.96 Å². The number of hydrogen-bond acceptors (Lipinski definition) is 1. The van der Waals surface area contributed by atoms with Crippen molar-refractivity contribution in [2.24, 2.45) is 10.7 Å². The smallest absolute Gasteiger partial charge is 0.295 e. The number of nitrogens with zero attached hydrogens (tertiary/aromatic N) is 2. The fourth-order valence-electron chi connectivity index (χ4n) is 4.73. The lowest BCUT2D eigenvalue weighted by Crippen LogP contribution is -2.68. The molecule has 0 aromatic heterocycles. The molecule has 0 radical (unpaired) electrons. The molecule has 0 heterocycles. The molecule has 2 aliphatic rings. The Labute approximate surface area is 125 Å². The highest BCUT2D eigenvalue weighted by atomic mass is 15.5. The average Bonchev–Trinajstić information content (AvgIpc) is 2.51. The summed E-state index contributed by atoms with van der Waals surface area (Å²) in [5.74, 6) is 0.939. The summed E-state index contributed by atoms with van der Waals surface area (Å²) < 4.78 is 1.02. The second-order valence-corrected chi connectivity index (χ2v) is 6.66. The van der Waals surface area contributed by atoms with Crippen LogP contribution in [-0.2, 0) is 0 Å². The topological polar surface area (TPSA) is 38.4 Å². The van der Waals surface area contributed by atoms with E-state index in [1.54, 1.807) is 0 Å². The normalized spacial score (nSPS) is 24.0. The van der Waals surface area contributed by atoms with Crippen molar-refractivity contribution in [3.8, 4) is 0 Å². The molecule has 0 amide bonds. The van der Waals surface area contributed by atoms with E-state index in [0.717, 1.165) is 35.6 Å². The lowest BCUT2D eigenvalue weighted by Gasteiger charge is -2.50. The van der Waals surface area contributed by atoms with E-state index in [4.69, 9.17) is 5.73 Å². The minimum absolute atomic E-state index is 0.729. The predicted octanol–water partition coefficient (Wildman–Crippen LogP) is 3.82. The van der Waals surface area contributed by atoms with E-state index in [-0.39, 0.29) is 0 Å². The van der Waals surface area contributed by atoms with Gasteiger partial charge in [0.2, 0.25) is 0 Å². The highest BCUT2D eigenvalue weighted by Crippen LogP contribution is 2.36. The van der Waals surface area contributed by atoms with Crippen LogP contribution in [0, 0.1) is 0 Å². The number of aliphatic imine (C=N–C) groups is 1. The number of hydrogen-bond donors (Lipinski definition) is 1. The lowest BCUT2D eigenvalue weighted by molar-refractivity contribution is -0.895. The molecule has 3 heteroatoms. The van der Waals surface area contributed by atoms with Gasteiger partial charge >= 0.3 is 0 Å². The molecule has 0 atom stereocenters. The maximum atomic E-state index is 6.56. The first-order chi connectivity index (χ1) is 9.75. The fourth-order valence-corrected chi connectivity index (χ4v) is 4.73. The minimum Gasteiger partial charge on any atom is -0.338 e. The van der Waals surface area contributed by atoms with Crippen molar-refractivity contribution in [3.05, 3.63) is 0 Å². The summed E-state index contributed by atoms with van der Waals surface area (Å²) >= 11 is 0. The van der Waals surface area contributed by atoms with Crippen molar-refractivity contribution in [1.82, 2.24) is 0 Å². The monoisotopic (exact) mass is 280 g/mol. The molecule has 116 valence electrons. The van der Waals surface area contributed by atoms with E-state index < -0.39 is 0 Å². The largest absolute Gasteiger partial charge is 0.338 e. The second-order valence-electron chi connectivity index (χ2n) is 6.66. The quantitative estimate of drug-likeness (QED) is 0.474. The Hall–Kier alpha value is -0.570. The predicted molar refractivity (Wildman–Crippen MR) is 86.7 cm³/mol. The summed E-state index contributed by atoms with van der Waals surface area (Å²) in [6, 6.07) is 1.46. The van der Waals surface area contributed by atoms with Crippen molar-refractivity contribution in [2.45, 2.75) is 90.1 Å². The van der Waals surface area contributed by atoms with Crippen molar-refractivity contribution in [3.63, 3.8) is 0 Å². The van der Waals surface area contributed by atoms with E-state index >= 15 is 0 Å². The van der Waals surface area contributed by atoms with Gasteiger partial charge in [0, 0.05) is 6.54 Å². The Morgan fingerprint density at radius 2 is 1.35 bits per heavy atom. The Morgan fingerprint density at radius 3 is 1.70 bits per heavy atom. The number of guanidine groups is 1. The van der Waals surface area contributed by atoms with Crippen LogP contribution in [0.1, 0.15) is 78.1 Å². The molecule has 2 saturated carbocycles. The standard InChI is InChI=1S/C17H34N3/c1-3-19-17(18)20(4-2,15-11-7-5-8-12-15)16-13-9-6-10-14-16/h15-16H,3-14H2,1-2H3,(H2,18,19)/q+1. The lowest BCUT2D eigenvalue weighted by atomic mass is 9.86. The Balaban J connectivity index is 2.30. The van der Waals surface area contributed by atoms with Gasteiger partial charge in [-0.2, -0.15) is 0 Å². The molecule has 0 bridgehead atoms. The third kappa shape index (κ3) is 3.03. The van der Waals surface area contributed by atoms with Gasteiger partial charge in [0.15, 0.2) is 0 Å². The Bertz CT molecular complexity index is 294. The summed E-state index contributed by atoms with van der Waals surface area (Å²) in [5, 5.41) is 0. The van der Waals surface area contributed by atoms with Crippen LogP contribution in [0.3, 0.4) is 0 Å². The van der Waals surface area contributed by atoms with Crippen LogP contribution in [0.2, 0.25) is 0 Å². The third-order valence-electron chi connectivity index (χ3n) is 5.72. The van der Waals surface area contributed by atoms with Crippen LogP contribution < -0.4 is 5.73 Å². The molecular formula is C17H34N3+. The van der Waals surface area contributed by atoms with Crippen LogP contribution >= 0.6 is 0 Å². The maximum Gasteiger partial charge on any atom is 0.295 e. The van der Waals surface area contributed by atoms with Crippen molar-refractivity contribution >= 4 is 5.96 Å². The van der Waals surface area contributed by atoms with Crippen LogP contribution in [0.5, 0.6) is 0 Å². The van der Waals surface area contributed by atoms with E-state index in [1.807, 2.05) is 0 Å². The molecular weight excluding hydrogens is 246 g/mol.